The first-order valence-electron chi connectivity index (χ1n) is 7.35. The predicted molar refractivity (Wildman–Crippen MR) is 92.1 cm³/mol. The molecule has 0 saturated heterocycles. The number of esters is 1. The fourth-order valence-corrected chi connectivity index (χ4v) is 2.09. The van der Waals surface area contributed by atoms with E-state index in [0.717, 1.165) is 5.56 Å². The Morgan fingerprint density at radius 3 is 2.29 bits per heavy atom. The van der Waals surface area contributed by atoms with Crippen molar-refractivity contribution in [2.24, 2.45) is 0 Å². The number of methoxy groups -OCH3 is 1. The smallest absolute Gasteiger partial charge is 0.338 e. The second-order valence-electron chi connectivity index (χ2n) is 5.17. The lowest BCUT2D eigenvalue weighted by Crippen LogP contribution is -2.30. The highest BCUT2D eigenvalue weighted by atomic mass is 35.5. The summed E-state index contributed by atoms with van der Waals surface area (Å²) in [6, 6.07) is 13.5. The van der Waals surface area contributed by atoms with E-state index >= 15 is 0 Å². The molecular formula is C18H18ClNO4. The molecule has 0 heterocycles. The van der Waals surface area contributed by atoms with Gasteiger partial charge in [-0.15, -0.1) is 0 Å². The number of halogens is 1. The lowest BCUT2D eigenvalue weighted by molar-refractivity contribution is -0.123. The summed E-state index contributed by atoms with van der Waals surface area (Å²) in [6.45, 7) is 1.98. The molecule has 0 spiro atoms. The van der Waals surface area contributed by atoms with Gasteiger partial charge in [-0.3, -0.25) is 4.79 Å². The molecule has 1 N–H and O–H groups in total. The lowest BCUT2D eigenvalue weighted by Gasteiger charge is -2.13. The van der Waals surface area contributed by atoms with Crippen molar-refractivity contribution in [3.05, 3.63) is 64.7 Å². The number of anilines is 1. The van der Waals surface area contributed by atoms with Crippen LogP contribution in [0.1, 0.15) is 22.8 Å². The highest BCUT2D eigenvalue weighted by molar-refractivity contribution is 6.30. The topological polar surface area (TPSA) is 64.6 Å². The minimum Gasteiger partial charge on any atom is -0.449 e. The van der Waals surface area contributed by atoms with Crippen molar-refractivity contribution in [2.75, 3.05) is 12.4 Å². The van der Waals surface area contributed by atoms with Crippen LogP contribution >= 0.6 is 11.6 Å². The highest BCUT2D eigenvalue weighted by Gasteiger charge is 2.19. The van der Waals surface area contributed by atoms with E-state index < -0.39 is 18.0 Å². The molecule has 1 atom stereocenters. The van der Waals surface area contributed by atoms with Gasteiger partial charge >= 0.3 is 5.97 Å². The van der Waals surface area contributed by atoms with E-state index in [9.17, 15) is 9.59 Å². The number of ether oxygens (including phenoxy) is 2. The Hall–Kier alpha value is -2.37. The van der Waals surface area contributed by atoms with Gasteiger partial charge in [-0.05, 0) is 48.9 Å². The van der Waals surface area contributed by atoms with Gasteiger partial charge in [-0.25, -0.2) is 4.79 Å². The molecule has 1 unspecified atom stereocenters. The Morgan fingerprint density at radius 1 is 1.08 bits per heavy atom. The van der Waals surface area contributed by atoms with Crippen LogP contribution in [-0.2, 0) is 20.9 Å². The molecule has 24 heavy (non-hydrogen) atoms. The third-order valence-corrected chi connectivity index (χ3v) is 3.52. The van der Waals surface area contributed by atoms with Gasteiger partial charge in [0.15, 0.2) is 6.10 Å². The molecule has 0 fully saturated rings. The predicted octanol–water partition coefficient (Wildman–Crippen LogP) is 3.67. The van der Waals surface area contributed by atoms with Crippen LogP contribution in [0, 0.1) is 0 Å². The SMILES string of the molecule is COCc1ccc(C(=O)OC(C)C(=O)Nc2ccc(Cl)cc2)cc1. The Balaban J connectivity index is 1.92. The molecule has 1 amide bonds. The van der Waals surface area contributed by atoms with E-state index in [-0.39, 0.29) is 0 Å². The summed E-state index contributed by atoms with van der Waals surface area (Å²) < 4.78 is 10.2. The fraction of sp³-hybridized carbons (Fsp3) is 0.222. The quantitative estimate of drug-likeness (QED) is 0.810. The summed E-state index contributed by atoms with van der Waals surface area (Å²) in [5, 5.41) is 3.23. The monoisotopic (exact) mass is 347 g/mol. The van der Waals surface area contributed by atoms with Gasteiger partial charge in [-0.2, -0.15) is 0 Å². The van der Waals surface area contributed by atoms with E-state index in [1.54, 1.807) is 55.6 Å². The van der Waals surface area contributed by atoms with Crippen LogP contribution in [0.25, 0.3) is 0 Å². The average molecular weight is 348 g/mol. The Morgan fingerprint density at radius 2 is 1.71 bits per heavy atom. The first kappa shape index (κ1) is 18.0. The molecule has 0 aliphatic rings. The van der Waals surface area contributed by atoms with Crippen LogP contribution in [0.3, 0.4) is 0 Å². The summed E-state index contributed by atoms with van der Waals surface area (Å²) >= 11 is 5.79. The first-order chi connectivity index (χ1) is 11.5. The second kappa shape index (κ2) is 8.47. The molecule has 0 saturated carbocycles. The van der Waals surface area contributed by atoms with Crippen LogP contribution < -0.4 is 5.32 Å². The van der Waals surface area contributed by atoms with Gasteiger partial charge in [0.2, 0.25) is 0 Å². The number of rotatable bonds is 6. The maximum absolute atomic E-state index is 12.1. The highest BCUT2D eigenvalue weighted by Crippen LogP contribution is 2.14. The van der Waals surface area contributed by atoms with Crippen LogP contribution in [0.5, 0.6) is 0 Å². The molecule has 2 aromatic rings. The number of benzene rings is 2. The van der Waals surface area contributed by atoms with E-state index in [1.807, 2.05) is 0 Å². The van der Waals surface area contributed by atoms with Crippen LogP contribution in [0.15, 0.2) is 48.5 Å². The average Bonchev–Trinajstić information content (AvgIpc) is 2.57. The van der Waals surface area contributed by atoms with Crippen molar-refractivity contribution in [3.63, 3.8) is 0 Å². The third kappa shape index (κ3) is 5.08. The van der Waals surface area contributed by atoms with Gasteiger partial charge in [0, 0.05) is 17.8 Å². The number of nitrogens with one attached hydrogen (secondary N) is 1. The molecule has 0 aliphatic heterocycles. The normalized spacial score (nSPS) is 11.6. The minimum absolute atomic E-state index is 0.376. The maximum Gasteiger partial charge on any atom is 0.338 e. The number of carbonyl (C=O) groups is 2. The first-order valence-corrected chi connectivity index (χ1v) is 7.72. The molecule has 2 rings (SSSR count). The molecule has 2 aromatic carbocycles. The molecule has 0 aromatic heterocycles. The number of hydrogen-bond donors (Lipinski definition) is 1. The Labute approximate surface area is 145 Å². The third-order valence-electron chi connectivity index (χ3n) is 3.27. The zero-order valence-corrected chi connectivity index (χ0v) is 14.2. The largest absolute Gasteiger partial charge is 0.449 e. The van der Waals surface area contributed by atoms with Crippen molar-refractivity contribution >= 4 is 29.2 Å². The Bertz CT molecular complexity index is 698. The number of carbonyl (C=O) groups excluding carboxylic acids is 2. The van der Waals surface area contributed by atoms with Gasteiger partial charge in [-0.1, -0.05) is 23.7 Å². The molecule has 6 heteroatoms. The summed E-state index contributed by atoms with van der Waals surface area (Å²) in [6.07, 6.45) is -0.924. The van der Waals surface area contributed by atoms with Crippen molar-refractivity contribution < 1.29 is 19.1 Å². The van der Waals surface area contributed by atoms with Gasteiger partial charge < -0.3 is 14.8 Å². The summed E-state index contributed by atoms with van der Waals surface area (Å²) in [5.41, 5.74) is 1.90. The second-order valence-corrected chi connectivity index (χ2v) is 5.61. The molecule has 0 radical (unpaired) electrons. The van der Waals surface area contributed by atoms with E-state index in [0.29, 0.717) is 22.9 Å². The standard InChI is InChI=1S/C18H18ClNO4/c1-12(17(21)20-16-9-7-15(19)8-10-16)24-18(22)14-5-3-13(4-6-14)11-23-2/h3-10,12H,11H2,1-2H3,(H,20,21). The van der Waals surface area contributed by atoms with Crippen molar-refractivity contribution in [3.8, 4) is 0 Å². The van der Waals surface area contributed by atoms with Crippen molar-refractivity contribution in [1.29, 1.82) is 0 Å². The van der Waals surface area contributed by atoms with Crippen LogP contribution in [0.2, 0.25) is 5.02 Å². The van der Waals surface area contributed by atoms with Crippen molar-refractivity contribution in [1.82, 2.24) is 0 Å². The zero-order chi connectivity index (χ0) is 17.5. The van der Waals surface area contributed by atoms with E-state index in [2.05, 4.69) is 5.32 Å². The maximum atomic E-state index is 12.1. The molecule has 126 valence electrons. The Kier molecular flexibility index (Phi) is 6.35. The van der Waals surface area contributed by atoms with Crippen molar-refractivity contribution in [2.45, 2.75) is 19.6 Å². The summed E-state index contributed by atoms with van der Waals surface area (Å²) in [5.74, 6) is -0.973. The summed E-state index contributed by atoms with van der Waals surface area (Å²) in [4.78, 5) is 24.1. The molecule has 0 bridgehead atoms. The van der Waals surface area contributed by atoms with Gasteiger partial charge in [0.25, 0.3) is 5.91 Å². The molecular weight excluding hydrogens is 330 g/mol. The number of amides is 1. The van der Waals surface area contributed by atoms with Gasteiger partial charge in [0.1, 0.15) is 0 Å². The number of hydrogen-bond acceptors (Lipinski definition) is 4. The molecule has 0 aliphatic carbocycles. The fourth-order valence-electron chi connectivity index (χ4n) is 1.96. The summed E-state index contributed by atoms with van der Waals surface area (Å²) in [7, 11) is 1.60. The van der Waals surface area contributed by atoms with Crippen LogP contribution in [0.4, 0.5) is 5.69 Å². The van der Waals surface area contributed by atoms with Crippen LogP contribution in [-0.4, -0.2) is 25.1 Å². The molecule has 5 nitrogen and oxygen atoms in total. The van der Waals surface area contributed by atoms with E-state index in [1.165, 1.54) is 6.92 Å². The lowest BCUT2D eigenvalue weighted by atomic mass is 10.1. The van der Waals surface area contributed by atoms with Gasteiger partial charge in [0.05, 0.1) is 12.2 Å². The van der Waals surface area contributed by atoms with E-state index in [4.69, 9.17) is 21.1 Å². The zero-order valence-electron chi connectivity index (χ0n) is 13.4. The minimum atomic E-state index is -0.924.